The molecule has 0 aromatic heterocycles. The molecule has 0 aliphatic heterocycles. The van der Waals surface area contributed by atoms with Crippen LogP contribution < -0.4 is 10.6 Å². The molecule has 0 aromatic rings. The zero-order valence-electron chi connectivity index (χ0n) is 13.7. The molecular formula is C17H33N3O. The average molecular weight is 295 g/mol. The van der Waals surface area contributed by atoms with Crippen LogP contribution in [0.1, 0.15) is 64.2 Å². The van der Waals surface area contributed by atoms with E-state index in [1.165, 1.54) is 44.9 Å². The number of carbonyl (C=O) groups is 1. The minimum absolute atomic E-state index is 0.169. The van der Waals surface area contributed by atoms with Gasteiger partial charge < -0.3 is 15.5 Å². The molecule has 1 amide bonds. The number of nitrogens with zero attached hydrogens (tertiary/aromatic N) is 1. The normalized spacial score (nSPS) is 21.0. The molecule has 0 unspecified atom stereocenters. The molecule has 2 N–H and O–H groups in total. The monoisotopic (exact) mass is 295 g/mol. The average Bonchev–Trinajstić information content (AvgIpc) is 3.00. The second kappa shape index (κ2) is 9.42. The van der Waals surface area contributed by atoms with E-state index in [-0.39, 0.29) is 5.91 Å². The van der Waals surface area contributed by atoms with Gasteiger partial charge in [-0.2, -0.15) is 0 Å². The number of hydrogen-bond donors (Lipinski definition) is 2. The summed E-state index contributed by atoms with van der Waals surface area (Å²) in [5.41, 5.74) is 0. The predicted molar refractivity (Wildman–Crippen MR) is 87.4 cm³/mol. The number of hydrogen-bond acceptors (Lipinski definition) is 3. The fourth-order valence-corrected chi connectivity index (χ4v) is 3.71. The summed E-state index contributed by atoms with van der Waals surface area (Å²) in [5.74, 6) is 0.169. The molecule has 0 spiro atoms. The molecule has 21 heavy (non-hydrogen) atoms. The SMILES string of the molecule is CN(CCCNCC(=O)NC1CCCC1)C1CCCCC1. The fourth-order valence-electron chi connectivity index (χ4n) is 3.71. The van der Waals surface area contributed by atoms with E-state index < -0.39 is 0 Å². The summed E-state index contributed by atoms with van der Waals surface area (Å²) in [5, 5.41) is 6.40. The Kier molecular flexibility index (Phi) is 7.51. The molecule has 0 radical (unpaired) electrons. The zero-order chi connectivity index (χ0) is 14.9. The molecule has 122 valence electrons. The Morgan fingerprint density at radius 1 is 1.05 bits per heavy atom. The Labute approximate surface area is 130 Å². The third-order valence-electron chi connectivity index (χ3n) is 5.07. The van der Waals surface area contributed by atoms with Crippen molar-refractivity contribution in [2.75, 3.05) is 26.7 Å². The van der Waals surface area contributed by atoms with Gasteiger partial charge in [-0.3, -0.25) is 4.79 Å². The molecule has 0 aromatic carbocycles. The van der Waals surface area contributed by atoms with Crippen LogP contribution in [-0.4, -0.2) is 49.6 Å². The minimum Gasteiger partial charge on any atom is -0.352 e. The van der Waals surface area contributed by atoms with Crippen molar-refractivity contribution in [2.45, 2.75) is 76.3 Å². The van der Waals surface area contributed by atoms with E-state index in [4.69, 9.17) is 0 Å². The van der Waals surface area contributed by atoms with Crippen LogP contribution in [0.25, 0.3) is 0 Å². The number of amides is 1. The van der Waals surface area contributed by atoms with Crippen molar-refractivity contribution in [3.05, 3.63) is 0 Å². The van der Waals surface area contributed by atoms with Gasteiger partial charge in [-0.15, -0.1) is 0 Å². The summed E-state index contributed by atoms with van der Waals surface area (Å²) in [7, 11) is 2.25. The predicted octanol–water partition coefficient (Wildman–Crippen LogP) is 2.29. The second-order valence-corrected chi connectivity index (χ2v) is 6.85. The van der Waals surface area contributed by atoms with Gasteiger partial charge in [-0.1, -0.05) is 32.1 Å². The summed E-state index contributed by atoms with van der Waals surface area (Å²) < 4.78 is 0. The topological polar surface area (TPSA) is 44.4 Å². The largest absolute Gasteiger partial charge is 0.352 e. The van der Waals surface area contributed by atoms with Crippen molar-refractivity contribution < 1.29 is 4.79 Å². The quantitative estimate of drug-likeness (QED) is 0.675. The molecule has 2 saturated carbocycles. The molecule has 2 fully saturated rings. The van der Waals surface area contributed by atoms with Gasteiger partial charge in [0.25, 0.3) is 0 Å². The van der Waals surface area contributed by atoms with E-state index >= 15 is 0 Å². The van der Waals surface area contributed by atoms with E-state index in [1.54, 1.807) is 0 Å². The minimum atomic E-state index is 0.169. The van der Waals surface area contributed by atoms with Crippen molar-refractivity contribution in [2.24, 2.45) is 0 Å². The van der Waals surface area contributed by atoms with E-state index in [0.717, 1.165) is 38.4 Å². The van der Waals surface area contributed by atoms with E-state index in [0.29, 0.717) is 12.6 Å². The maximum Gasteiger partial charge on any atom is 0.234 e. The lowest BCUT2D eigenvalue weighted by Gasteiger charge is -2.31. The van der Waals surface area contributed by atoms with E-state index in [9.17, 15) is 4.79 Å². The highest BCUT2D eigenvalue weighted by Crippen LogP contribution is 2.21. The van der Waals surface area contributed by atoms with Crippen LogP contribution in [0.5, 0.6) is 0 Å². The Morgan fingerprint density at radius 2 is 1.71 bits per heavy atom. The highest BCUT2D eigenvalue weighted by molar-refractivity contribution is 5.78. The van der Waals surface area contributed by atoms with Gasteiger partial charge in [0.2, 0.25) is 5.91 Å². The Hall–Kier alpha value is -0.610. The lowest BCUT2D eigenvalue weighted by Crippen LogP contribution is -2.40. The van der Waals surface area contributed by atoms with Gasteiger partial charge in [-0.25, -0.2) is 0 Å². The second-order valence-electron chi connectivity index (χ2n) is 6.85. The van der Waals surface area contributed by atoms with Gasteiger partial charge in [0.1, 0.15) is 0 Å². The van der Waals surface area contributed by atoms with Crippen LogP contribution in [0.2, 0.25) is 0 Å². The first-order valence-corrected chi connectivity index (χ1v) is 8.96. The molecule has 2 aliphatic carbocycles. The van der Waals surface area contributed by atoms with Gasteiger partial charge in [0.15, 0.2) is 0 Å². The molecule has 4 heteroatoms. The Balaban J connectivity index is 1.46. The maximum atomic E-state index is 11.8. The molecular weight excluding hydrogens is 262 g/mol. The summed E-state index contributed by atoms with van der Waals surface area (Å²) in [6.07, 6.45) is 12.9. The number of rotatable bonds is 8. The maximum absolute atomic E-state index is 11.8. The Morgan fingerprint density at radius 3 is 2.43 bits per heavy atom. The van der Waals surface area contributed by atoms with Crippen molar-refractivity contribution >= 4 is 5.91 Å². The van der Waals surface area contributed by atoms with Crippen LogP contribution in [0.4, 0.5) is 0 Å². The lowest BCUT2D eigenvalue weighted by molar-refractivity contribution is -0.120. The molecule has 0 saturated heterocycles. The zero-order valence-corrected chi connectivity index (χ0v) is 13.7. The van der Waals surface area contributed by atoms with Gasteiger partial charge in [-0.05, 0) is 52.2 Å². The third-order valence-corrected chi connectivity index (χ3v) is 5.07. The van der Waals surface area contributed by atoms with Crippen molar-refractivity contribution in [3.8, 4) is 0 Å². The van der Waals surface area contributed by atoms with Crippen LogP contribution in [0.3, 0.4) is 0 Å². The molecule has 0 atom stereocenters. The summed E-state index contributed by atoms with van der Waals surface area (Å²) in [6.45, 7) is 2.56. The van der Waals surface area contributed by atoms with Gasteiger partial charge >= 0.3 is 0 Å². The first-order valence-electron chi connectivity index (χ1n) is 8.96. The van der Waals surface area contributed by atoms with Crippen molar-refractivity contribution in [1.82, 2.24) is 15.5 Å². The standard InChI is InChI=1S/C17H33N3O/c1-20(16-10-3-2-4-11-16)13-7-12-18-14-17(21)19-15-8-5-6-9-15/h15-16,18H,2-14H2,1H3,(H,19,21). The van der Waals surface area contributed by atoms with E-state index in [2.05, 4.69) is 22.6 Å². The van der Waals surface area contributed by atoms with Crippen molar-refractivity contribution in [3.63, 3.8) is 0 Å². The van der Waals surface area contributed by atoms with Crippen LogP contribution in [0.15, 0.2) is 0 Å². The smallest absolute Gasteiger partial charge is 0.234 e. The summed E-state index contributed by atoms with van der Waals surface area (Å²) in [4.78, 5) is 14.3. The number of nitrogens with one attached hydrogen (secondary N) is 2. The van der Waals surface area contributed by atoms with Crippen LogP contribution in [0, 0.1) is 0 Å². The highest BCUT2D eigenvalue weighted by atomic mass is 16.1. The first-order chi connectivity index (χ1) is 10.3. The van der Waals surface area contributed by atoms with Crippen molar-refractivity contribution in [1.29, 1.82) is 0 Å². The lowest BCUT2D eigenvalue weighted by atomic mass is 9.94. The summed E-state index contributed by atoms with van der Waals surface area (Å²) in [6, 6.07) is 1.24. The third kappa shape index (κ3) is 6.35. The number of carbonyl (C=O) groups excluding carboxylic acids is 1. The molecule has 0 heterocycles. The van der Waals surface area contributed by atoms with Crippen LogP contribution >= 0.6 is 0 Å². The Bertz CT molecular complexity index is 296. The molecule has 4 nitrogen and oxygen atoms in total. The first kappa shape index (κ1) is 16.8. The van der Waals surface area contributed by atoms with E-state index in [1.807, 2.05) is 0 Å². The fraction of sp³-hybridized carbons (Fsp3) is 0.941. The molecule has 2 rings (SSSR count). The van der Waals surface area contributed by atoms with Crippen LogP contribution in [-0.2, 0) is 4.79 Å². The van der Waals surface area contributed by atoms with Gasteiger partial charge in [0, 0.05) is 12.1 Å². The summed E-state index contributed by atoms with van der Waals surface area (Å²) >= 11 is 0. The highest BCUT2D eigenvalue weighted by Gasteiger charge is 2.18. The van der Waals surface area contributed by atoms with Gasteiger partial charge in [0.05, 0.1) is 6.54 Å². The molecule has 0 bridgehead atoms. The molecule has 2 aliphatic rings.